The summed E-state index contributed by atoms with van der Waals surface area (Å²) in [5.41, 5.74) is 3.79. The van der Waals surface area contributed by atoms with Gasteiger partial charge in [-0.3, -0.25) is 14.2 Å². The predicted molar refractivity (Wildman–Crippen MR) is 145 cm³/mol. The van der Waals surface area contributed by atoms with E-state index < -0.39 is 0 Å². The quantitative estimate of drug-likeness (QED) is 0.314. The zero-order valence-corrected chi connectivity index (χ0v) is 21.8. The van der Waals surface area contributed by atoms with E-state index in [1.807, 2.05) is 37.3 Å². The SMILES string of the molecule is CCc1oc2ccc(Nc3ncc(CC(=O)C4CCOCC4)c(=O)n3Cc3ccc(Cl)cc3)cc2c1C. The molecule has 0 atom stereocenters. The lowest BCUT2D eigenvalue weighted by atomic mass is 9.92. The van der Waals surface area contributed by atoms with Crippen LogP contribution >= 0.6 is 11.6 Å². The summed E-state index contributed by atoms with van der Waals surface area (Å²) in [6.45, 7) is 5.57. The highest BCUT2D eigenvalue weighted by Crippen LogP contribution is 2.29. The van der Waals surface area contributed by atoms with E-state index in [4.69, 9.17) is 20.8 Å². The van der Waals surface area contributed by atoms with Gasteiger partial charge in [0.1, 0.15) is 17.1 Å². The first-order valence-corrected chi connectivity index (χ1v) is 13.0. The fourth-order valence-electron chi connectivity index (χ4n) is 4.84. The molecular weight excluding hydrogens is 490 g/mol. The number of hydrogen-bond donors (Lipinski definition) is 1. The van der Waals surface area contributed by atoms with Gasteiger partial charge >= 0.3 is 0 Å². The van der Waals surface area contributed by atoms with Crippen molar-refractivity contribution in [3.05, 3.63) is 86.5 Å². The predicted octanol–water partition coefficient (Wildman–Crippen LogP) is 5.84. The van der Waals surface area contributed by atoms with E-state index in [9.17, 15) is 9.59 Å². The summed E-state index contributed by atoms with van der Waals surface area (Å²) in [4.78, 5) is 31.2. The monoisotopic (exact) mass is 519 g/mol. The average molecular weight is 520 g/mol. The van der Waals surface area contributed by atoms with Crippen molar-refractivity contribution in [2.75, 3.05) is 18.5 Å². The highest BCUT2D eigenvalue weighted by molar-refractivity contribution is 6.30. The van der Waals surface area contributed by atoms with Gasteiger partial charge in [-0.15, -0.1) is 0 Å². The number of nitrogens with one attached hydrogen (secondary N) is 1. The standard InChI is InChI=1S/C29H30ClN3O4/c1-3-26-18(2)24-15-23(8-9-27(24)37-26)32-29-31-16-21(14-25(34)20-10-12-36-13-11-20)28(35)33(29)17-19-4-6-22(30)7-5-19/h4-9,15-16,20H,3,10-14,17H2,1-2H3,(H,31,32). The Hall–Kier alpha value is -3.42. The first kappa shape index (κ1) is 25.2. The first-order valence-electron chi connectivity index (χ1n) is 12.7. The third-order valence-corrected chi connectivity index (χ3v) is 7.28. The number of benzene rings is 2. The Kier molecular flexibility index (Phi) is 7.44. The van der Waals surface area contributed by atoms with Gasteiger partial charge in [-0.25, -0.2) is 4.98 Å². The fourth-order valence-corrected chi connectivity index (χ4v) is 4.97. The van der Waals surface area contributed by atoms with E-state index in [2.05, 4.69) is 17.2 Å². The molecule has 1 N–H and O–H groups in total. The normalized spacial score (nSPS) is 14.2. The van der Waals surface area contributed by atoms with Crippen LogP contribution in [-0.2, 0) is 28.9 Å². The van der Waals surface area contributed by atoms with E-state index in [1.165, 1.54) is 6.20 Å². The zero-order chi connectivity index (χ0) is 25.9. The van der Waals surface area contributed by atoms with Crippen LogP contribution in [0.25, 0.3) is 11.0 Å². The van der Waals surface area contributed by atoms with Crippen molar-refractivity contribution >= 4 is 40.0 Å². The number of fused-ring (bicyclic) bond motifs is 1. The summed E-state index contributed by atoms with van der Waals surface area (Å²) in [5, 5.41) is 4.96. The van der Waals surface area contributed by atoms with Crippen molar-refractivity contribution < 1.29 is 13.9 Å². The summed E-state index contributed by atoms with van der Waals surface area (Å²) < 4.78 is 12.9. The highest BCUT2D eigenvalue weighted by Gasteiger charge is 2.23. The molecule has 0 bridgehead atoms. The smallest absolute Gasteiger partial charge is 0.258 e. The zero-order valence-electron chi connectivity index (χ0n) is 21.1. The van der Waals surface area contributed by atoms with Crippen molar-refractivity contribution in [1.82, 2.24) is 9.55 Å². The molecule has 0 unspecified atom stereocenters. The van der Waals surface area contributed by atoms with Gasteiger partial charge in [-0.1, -0.05) is 30.7 Å². The number of carbonyl (C=O) groups is 1. The minimum atomic E-state index is -0.235. The Bertz CT molecular complexity index is 1480. The molecule has 7 nitrogen and oxygen atoms in total. The molecule has 0 saturated carbocycles. The van der Waals surface area contributed by atoms with Crippen LogP contribution in [0, 0.1) is 12.8 Å². The first-order chi connectivity index (χ1) is 17.9. The van der Waals surface area contributed by atoms with Crippen LogP contribution in [0.3, 0.4) is 0 Å². The van der Waals surface area contributed by atoms with Gasteiger partial charge in [0.15, 0.2) is 0 Å². The van der Waals surface area contributed by atoms with Crippen LogP contribution in [-0.4, -0.2) is 28.5 Å². The number of ether oxygens (including phenoxy) is 1. The fraction of sp³-hybridized carbons (Fsp3) is 0.345. The Morgan fingerprint density at radius 2 is 1.92 bits per heavy atom. The number of nitrogens with zero attached hydrogens (tertiary/aromatic N) is 2. The lowest BCUT2D eigenvalue weighted by Crippen LogP contribution is -2.31. The lowest BCUT2D eigenvalue weighted by molar-refractivity contribution is -0.125. The number of ketones is 1. The van der Waals surface area contributed by atoms with Gasteiger partial charge in [0, 0.05) is 59.8 Å². The second-order valence-corrected chi connectivity index (χ2v) is 9.93. The number of hydrogen-bond acceptors (Lipinski definition) is 6. The van der Waals surface area contributed by atoms with E-state index in [1.54, 1.807) is 16.7 Å². The van der Waals surface area contributed by atoms with Gasteiger partial charge in [-0.2, -0.15) is 0 Å². The van der Waals surface area contributed by atoms with Gasteiger partial charge in [0.2, 0.25) is 5.95 Å². The molecule has 0 amide bonds. The number of aromatic nitrogens is 2. The lowest BCUT2D eigenvalue weighted by Gasteiger charge is -2.21. The maximum atomic E-state index is 13.6. The molecule has 1 aliphatic rings. The minimum Gasteiger partial charge on any atom is -0.461 e. The molecule has 8 heteroatoms. The molecule has 4 aromatic rings. The second kappa shape index (κ2) is 10.9. The molecule has 0 spiro atoms. The maximum Gasteiger partial charge on any atom is 0.258 e. The Balaban J connectivity index is 1.49. The molecule has 0 aliphatic carbocycles. The minimum absolute atomic E-state index is 0.0635. The summed E-state index contributed by atoms with van der Waals surface area (Å²) in [6.07, 6.45) is 3.80. The average Bonchev–Trinajstić information content (AvgIpc) is 3.24. The number of carbonyl (C=O) groups excluding carboxylic acids is 1. The summed E-state index contributed by atoms with van der Waals surface area (Å²) in [6, 6.07) is 13.2. The summed E-state index contributed by atoms with van der Waals surface area (Å²) in [5.74, 6) is 1.35. The molecule has 37 heavy (non-hydrogen) atoms. The topological polar surface area (TPSA) is 86.4 Å². The van der Waals surface area contributed by atoms with Crippen molar-refractivity contribution in [2.45, 2.75) is 46.1 Å². The van der Waals surface area contributed by atoms with Crippen LogP contribution in [0.15, 0.2) is 57.9 Å². The molecular formula is C29H30ClN3O4. The Labute approximate surface area is 220 Å². The highest BCUT2D eigenvalue weighted by atomic mass is 35.5. The van der Waals surface area contributed by atoms with Crippen LogP contribution in [0.2, 0.25) is 5.02 Å². The van der Waals surface area contributed by atoms with E-state index in [0.29, 0.717) is 42.6 Å². The number of aryl methyl sites for hydroxylation is 2. The molecule has 5 rings (SSSR count). The van der Waals surface area contributed by atoms with Crippen molar-refractivity contribution in [2.24, 2.45) is 5.92 Å². The number of anilines is 2. The molecule has 1 saturated heterocycles. The molecule has 2 aromatic heterocycles. The number of Topliss-reactive ketones (excluding diaryl/α,β-unsaturated/α-hetero) is 1. The molecule has 1 aliphatic heterocycles. The molecule has 2 aromatic carbocycles. The number of furan rings is 1. The van der Waals surface area contributed by atoms with Crippen LogP contribution in [0.4, 0.5) is 11.6 Å². The van der Waals surface area contributed by atoms with Crippen molar-refractivity contribution in [1.29, 1.82) is 0 Å². The van der Waals surface area contributed by atoms with Gasteiger partial charge < -0.3 is 14.5 Å². The molecule has 1 fully saturated rings. The van der Waals surface area contributed by atoms with Gasteiger partial charge in [0.05, 0.1) is 6.54 Å². The second-order valence-electron chi connectivity index (χ2n) is 9.49. The molecule has 3 heterocycles. The van der Waals surface area contributed by atoms with E-state index >= 15 is 0 Å². The summed E-state index contributed by atoms with van der Waals surface area (Å²) >= 11 is 6.07. The Morgan fingerprint density at radius 1 is 1.16 bits per heavy atom. The van der Waals surface area contributed by atoms with Crippen LogP contribution < -0.4 is 10.9 Å². The van der Waals surface area contributed by atoms with E-state index in [0.717, 1.165) is 40.0 Å². The third-order valence-electron chi connectivity index (χ3n) is 7.03. The van der Waals surface area contributed by atoms with E-state index in [-0.39, 0.29) is 30.2 Å². The van der Waals surface area contributed by atoms with Gasteiger partial charge in [-0.05, 0) is 61.2 Å². The summed E-state index contributed by atoms with van der Waals surface area (Å²) in [7, 11) is 0. The third kappa shape index (κ3) is 5.48. The molecule has 192 valence electrons. The maximum absolute atomic E-state index is 13.6. The molecule has 0 radical (unpaired) electrons. The van der Waals surface area contributed by atoms with Crippen molar-refractivity contribution in [3.63, 3.8) is 0 Å². The Morgan fingerprint density at radius 3 is 2.65 bits per heavy atom. The van der Waals surface area contributed by atoms with Gasteiger partial charge in [0.25, 0.3) is 5.56 Å². The van der Waals surface area contributed by atoms with Crippen LogP contribution in [0.5, 0.6) is 0 Å². The largest absolute Gasteiger partial charge is 0.461 e. The number of halogens is 1. The van der Waals surface area contributed by atoms with Crippen LogP contribution in [0.1, 0.15) is 42.2 Å². The number of rotatable bonds is 8. The van der Waals surface area contributed by atoms with Crippen molar-refractivity contribution in [3.8, 4) is 0 Å².